The van der Waals surface area contributed by atoms with Gasteiger partial charge in [0.05, 0.1) is 0 Å². The fourth-order valence-corrected chi connectivity index (χ4v) is 3.78. The molecule has 0 unspecified atom stereocenters. The minimum absolute atomic E-state index is 0.112. The highest BCUT2D eigenvalue weighted by molar-refractivity contribution is 5.95. The predicted octanol–water partition coefficient (Wildman–Crippen LogP) is 3.00. The molecular weight excluding hydrogens is 300 g/mol. The maximum absolute atomic E-state index is 13.1. The molecule has 0 saturated heterocycles. The zero-order valence-electron chi connectivity index (χ0n) is 14.2. The van der Waals surface area contributed by atoms with Gasteiger partial charge < -0.3 is 9.47 Å². The number of carbonyl (C=O) groups is 1. The first-order chi connectivity index (χ1) is 11.6. The normalized spacial score (nSPS) is 16.8. The summed E-state index contributed by atoms with van der Waals surface area (Å²) in [5, 5.41) is 0. The van der Waals surface area contributed by atoms with Gasteiger partial charge in [0.2, 0.25) is 0 Å². The summed E-state index contributed by atoms with van der Waals surface area (Å²) in [5.74, 6) is -0.124. The van der Waals surface area contributed by atoms with Gasteiger partial charge in [-0.15, -0.1) is 0 Å². The van der Waals surface area contributed by atoms with E-state index in [4.69, 9.17) is 0 Å². The average Bonchev–Trinajstić information content (AvgIpc) is 3.38. The molecule has 4 nitrogen and oxygen atoms in total. The highest BCUT2D eigenvalue weighted by atomic mass is 16.2. The molecule has 1 amide bonds. The van der Waals surface area contributed by atoms with Crippen LogP contribution >= 0.6 is 0 Å². The Balaban J connectivity index is 1.71. The Bertz CT molecular complexity index is 878. The summed E-state index contributed by atoms with van der Waals surface area (Å²) in [6.45, 7) is 5.09. The second kappa shape index (κ2) is 5.62. The van der Waals surface area contributed by atoms with Crippen molar-refractivity contribution in [2.45, 2.75) is 45.7 Å². The Hall–Kier alpha value is -2.36. The summed E-state index contributed by atoms with van der Waals surface area (Å²) in [6.07, 6.45) is 2.92. The van der Waals surface area contributed by atoms with E-state index in [0.717, 1.165) is 30.5 Å². The van der Waals surface area contributed by atoms with Crippen molar-refractivity contribution in [3.63, 3.8) is 0 Å². The molecule has 0 spiro atoms. The molecule has 0 radical (unpaired) electrons. The molecule has 4 rings (SSSR count). The van der Waals surface area contributed by atoms with E-state index in [2.05, 4.69) is 12.1 Å². The number of fused-ring (bicyclic) bond motifs is 1. The van der Waals surface area contributed by atoms with E-state index in [1.807, 2.05) is 41.5 Å². The molecule has 2 heterocycles. The SMILES string of the molecule is Cc1cc(C)n(C2CC2)c(=O)c1C(=O)N1CCc2ccccc2C1. The molecule has 124 valence electrons. The minimum atomic E-state index is -0.124. The van der Waals surface area contributed by atoms with E-state index in [1.165, 1.54) is 11.1 Å². The molecule has 0 N–H and O–H groups in total. The monoisotopic (exact) mass is 322 g/mol. The maximum Gasteiger partial charge on any atom is 0.264 e. The largest absolute Gasteiger partial charge is 0.334 e. The lowest BCUT2D eigenvalue weighted by atomic mass is 9.99. The van der Waals surface area contributed by atoms with Gasteiger partial charge in [0.1, 0.15) is 5.56 Å². The fraction of sp³-hybridized carbons (Fsp3) is 0.400. The Labute approximate surface area is 141 Å². The van der Waals surface area contributed by atoms with Crippen LogP contribution in [0.1, 0.15) is 51.6 Å². The van der Waals surface area contributed by atoms with Crippen molar-refractivity contribution in [1.29, 1.82) is 0 Å². The number of pyridine rings is 1. The molecule has 1 saturated carbocycles. The summed E-state index contributed by atoms with van der Waals surface area (Å²) in [6, 6.07) is 10.5. The standard InChI is InChI=1S/C20H22N2O2/c1-13-11-14(2)22(17-7-8-17)20(24)18(13)19(23)21-10-9-15-5-3-4-6-16(15)12-21/h3-6,11,17H,7-10,12H2,1-2H3. The molecule has 1 aromatic heterocycles. The smallest absolute Gasteiger partial charge is 0.264 e. The van der Waals surface area contributed by atoms with E-state index in [-0.39, 0.29) is 17.5 Å². The number of aromatic nitrogens is 1. The molecule has 24 heavy (non-hydrogen) atoms. The van der Waals surface area contributed by atoms with Crippen molar-refractivity contribution in [1.82, 2.24) is 9.47 Å². The van der Waals surface area contributed by atoms with Crippen LogP contribution in [0.15, 0.2) is 35.1 Å². The Morgan fingerprint density at radius 2 is 1.83 bits per heavy atom. The van der Waals surface area contributed by atoms with Gasteiger partial charge in [-0.3, -0.25) is 9.59 Å². The first kappa shape index (κ1) is 15.2. The number of hydrogen-bond acceptors (Lipinski definition) is 2. The first-order valence-electron chi connectivity index (χ1n) is 8.65. The summed E-state index contributed by atoms with van der Waals surface area (Å²) < 4.78 is 1.82. The minimum Gasteiger partial charge on any atom is -0.334 e. The van der Waals surface area contributed by atoms with Gasteiger partial charge in [-0.25, -0.2) is 0 Å². The van der Waals surface area contributed by atoms with Gasteiger partial charge in [-0.2, -0.15) is 0 Å². The lowest BCUT2D eigenvalue weighted by Gasteiger charge is -2.29. The maximum atomic E-state index is 13.1. The van der Waals surface area contributed by atoms with Crippen molar-refractivity contribution >= 4 is 5.91 Å². The molecule has 2 aromatic rings. The zero-order valence-corrected chi connectivity index (χ0v) is 14.2. The highest BCUT2D eigenvalue weighted by Crippen LogP contribution is 2.34. The van der Waals surface area contributed by atoms with Crippen LogP contribution in [0.2, 0.25) is 0 Å². The third-order valence-electron chi connectivity index (χ3n) is 5.18. The van der Waals surface area contributed by atoms with Crippen molar-refractivity contribution in [2.24, 2.45) is 0 Å². The topological polar surface area (TPSA) is 42.3 Å². The second-order valence-electron chi connectivity index (χ2n) is 7.00. The summed E-state index contributed by atoms with van der Waals surface area (Å²) in [4.78, 5) is 27.8. The van der Waals surface area contributed by atoms with Crippen LogP contribution in [0, 0.1) is 13.8 Å². The molecule has 2 aliphatic rings. The van der Waals surface area contributed by atoms with Crippen LogP contribution in [0.5, 0.6) is 0 Å². The quantitative estimate of drug-likeness (QED) is 0.853. The Morgan fingerprint density at radius 1 is 1.12 bits per heavy atom. The van der Waals surface area contributed by atoms with E-state index in [0.29, 0.717) is 18.7 Å². The molecule has 4 heteroatoms. The van der Waals surface area contributed by atoms with Crippen molar-refractivity contribution < 1.29 is 4.79 Å². The number of hydrogen-bond donors (Lipinski definition) is 0. The average molecular weight is 322 g/mol. The summed E-state index contributed by atoms with van der Waals surface area (Å²) >= 11 is 0. The second-order valence-corrected chi connectivity index (χ2v) is 7.00. The van der Waals surface area contributed by atoms with Gasteiger partial charge in [0, 0.05) is 24.8 Å². The van der Waals surface area contributed by atoms with Gasteiger partial charge in [-0.1, -0.05) is 24.3 Å². The lowest BCUT2D eigenvalue weighted by Crippen LogP contribution is -2.40. The number of amides is 1. The number of nitrogens with zero attached hydrogens (tertiary/aromatic N) is 2. The number of aryl methyl sites for hydroxylation is 2. The summed E-state index contributed by atoms with van der Waals surface area (Å²) in [7, 11) is 0. The third kappa shape index (κ3) is 2.46. The van der Waals surface area contributed by atoms with Crippen LogP contribution in [0.4, 0.5) is 0 Å². The van der Waals surface area contributed by atoms with Crippen LogP contribution in [-0.2, 0) is 13.0 Å². The fourth-order valence-electron chi connectivity index (χ4n) is 3.78. The lowest BCUT2D eigenvalue weighted by molar-refractivity contribution is 0.0731. The van der Waals surface area contributed by atoms with Crippen molar-refractivity contribution in [2.75, 3.05) is 6.54 Å². The van der Waals surface area contributed by atoms with Gasteiger partial charge >= 0.3 is 0 Å². The van der Waals surface area contributed by atoms with Crippen molar-refractivity contribution in [3.8, 4) is 0 Å². The number of rotatable bonds is 2. The van der Waals surface area contributed by atoms with E-state index < -0.39 is 0 Å². The molecule has 0 atom stereocenters. The van der Waals surface area contributed by atoms with Crippen LogP contribution in [-0.4, -0.2) is 21.9 Å². The van der Waals surface area contributed by atoms with Crippen LogP contribution < -0.4 is 5.56 Å². The molecular formula is C20H22N2O2. The third-order valence-corrected chi connectivity index (χ3v) is 5.18. The number of carbonyl (C=O) groups excluding carboxylic acids is 1. The predicted molar refractivity (Wildman–Crippen MR) is 93.3 cm³/mol. The molecule has 0 bridgehead atoms. The highest BCUT2D eigenvalue weighted by Gasteiger charge is 2.31. The first-order valence-corrected chi connectivity index (χ1v) is 8.65. The van der Waals surface area contributed by atoms with E-state index in [9.17, 15) is 9.59 Å². The Kier molecular flexibility index (Phi) is 3.56. The molecule has 1 fully saturated rings. The van der Waals surface area contributed by atoms with E-state index in [1.54, 1.807) is 0 Å². The van der Waals surface area contributed by atoms with Crippen LogP contribution in [0.25, 0.3) is 0 Å². The van der Waals surface area contributed by atoms with Gasteiger partial charge in [0.25, 0.3) is 11.5 Å². The van der Waals surface area contributed by atoms with Crippen molar-refractivity contribution in [3.05, 3.63) is 68.6 Å². The molecule has 1 aromatic carbocycles. The summed E-state index contributed by atoms with van der Waals surface area (Å²) in [5.41, 5.74) is 4.48. The van der Waals surface area contributed by atoms with E-state index >= 15 is 0 Å². The van der Waals surface area contributed by atoms with Gasteiger partial charge in [-0.05, 0) is 55.9 Å². The molecule has 1 aliphatic heterocycles. The molecule has 1 aliphatic carbocycles. The van der Waals surface area contributed by atoms with Crippen LogP contribution in [0.3, 0.4) is 0 Å². The Morgan fingerprint density at radius 3 is 2.54 bits per heavy atom. The number of benzene rings is 1. The zero-order chi connectivity index (χ0) is 16.8. The van der Waals surface area contributed by atoms with Gasteiger partial charge in [0.15, 0.2) is 0 Å².